The van der Waals surface area contributed by atoms with E-state index in [1.165, 1.54) is 0 Å². The van der Waals surface area contributed by atoms with Crippen LogP contribution in [0.3, 0.4) is 0 Å². The maximum absolute atomic E-state index is 4.45. The van der Waals surface area contributed by atoms with Crippen molar-refractivity contribution in [1.29, 1.82) is 0 Å². The van der Waals surface area contributed by atoms with Gasteiger partial charge in [-0.3, -0.25) is 0 Å². The fourth-order valence-electron chi connectivity index (χ4n) is 1.43. The Morgan fingerprint density at radius 1 is 1.00 bits per heavy atom. The van der Waals surface area contributed by atoms with Gasteiger partial charge in [-0.15, -0.1) is 0 Å². The van der Waals surface area contributed by atoms with Crippen LogP contribution in [0.5, 0.6) is 0 Å². The highest BCUT2D eigenvalue weighted by Gasteiger charge is 2.01. The van der Waals surface area contributed by atoms with E-state index in [9.17, 15) is 0 Å². The highest BCUT2D eigenvalue weighted by Crippen LogP contribution is 2.06. The normalized spacial score (nSPS) is 10.4. The van der Waals surface area contributed by atoms with Crippen LogP contribution in [-0.2, 0) is 12.8 Å². The molecule has 0 atom stereocenters. The molecule has 0 aromatic carbocycles. The lowest BCUT2D eigenvalue weighted by atomic mass is 10.2. The van der Waals surface area contributed by atoms with Gasteiger partial charge in [-0.2, -0.15) is 0 Å². The highest BCUT2D eigenvalue weighted by molar-refractivity contribution is 5.28. The topological polar surface area (TPSA) is 49.8 Å². The second-order valence-electron chi connectivity index (χ2n) is 3.66. The number of anilines is 1. The molecule has 0 amide bonds. The van der Waals surface area contributed by atoms with E-state index in [1.54, 1.807) is 0 Å². The molecule has 0 spiro atoms. The van der Waals surface area contributed by atoms with E-state index in [-0.39, 0.29) is 0 Å². The molecule has 0 saturated heterocycles. The summed E-state index contributed by atoms with van der Waals surface area (Å²) >= 11 is 0. The molecule has 4 heteroatoms. The fourth-order valence-corrected chi connectivity index (χ4v) is 1.43. The maximum Gasteiger partial charge on any atom is 0.223 e. The number of aromatic nitrogens is 2. The molecule has 0 aliphatic heterocycles. The van der Waals surface area contributed by atoms with Gasteiger partial charge in [0, 0.05) is 24.5 Å². The van der Waals surface area contributed by atoms with Crippen LogP contribution in [0.15, 0.2) is 6.07 Å². The van der Waals surface area contributed by atoms with Gasteiger partial charge < -0.3 is 10.6 Å². The maximum atomic E-state index is 4.45. The van der Waals surface area contributed by atoms with E-state index in [1.807, 2.05) is 0 Å². The molecule has 4 nitrogen and oxygen atoms in total. The Balaban J connectivity index is 2.57. The van der Waals surface area contributed by atoms with E-state index >= 15 is 0 Å². The van der Waals surface area contributed by atoms with E-state index in [0.29, 0.717) is 0 Å². The van der Waals surface area contributed by atoms with Gasteiger partial charge >= 0.3 is 0 Å². The van der Waals surface area contributed by atoms with Crippen molar-refractivity contribution < 1.29 is 0 Å². The van der Waals surface area contributed by atoms with Crippen molar-refractivity contribution in [3.8, 4) is 0 Å². The van der Waals surface area contributed by atoms with Crippen LogP contribution < -0.4 is 10.6 Å². The number of aryl methyl sites for hydroxylation is 2. The Kier molecular flexibility index (Phi) is 5.78. The van der Waals surface area contributed by atoms with Crippen LogP contribution in [0.25, 0.3) is 0 Å². The fraction of sp³-hybridized carbons (Fsp3) is 0.667. The first kappa shape index (κ1) is 12.9. The number of likely N-dealkylation sites (N-methyl/N-ethyl adjacent to an activating group) is 1. The molecule has 1 aromatic heterocycles. The van der Waals surface area contributed by atoms with Crippen LogP contribution in [0, 0.1) is 0 Å². The van der Waals surface area contributed by atoms with E-state index in [2.05, 4.69) is 47.4 Å². The summed E-state index contributed by atoms with van der Waals surface area (Å²) in [5, 5.41) is 6.50. The van der Waals surface area contributed by atoms with Crippen molar-refractivity contribution in [3.63, 3.8) is 0 Å². The molecule has 0 aliphatic carbocycles. The first-order valence-electron chi connectivity index (χ1n) is 6.11. The van der Waals surface area contributed by atoms with Crippen molar-refractivity contribution in [2.45, 2.75) is 33.6 Å². The smallest absolute Gasteiger partial charge is 0.223 e. The van der Waals surface area contributed by atoms with Gasteiger partial charge in [-0.25, -0.2) is 9.97 Å². The van der Waals surface area contributed by atoms with E-state index < -0.39 is 0 Å². The summed E-state index contributed by atoms with van der Waals surface area (Å²) < 4.78 is 0. The van der Waals surface area contributed by atoms with Gasteiger partial charge in [-0.05, 0) is 25.5 Å². The van der Waals surface area contributed by atoms with Crippen LogP contribution in [0.4, 0.5) is 5.95 Å². The predicted molar refractivity (Wildman–Crippen MR) is 67.8 cm³/mol. The Morgan fingerprint density at radius 3 is 2.12 bits per heavy atom. The second kappa shape index (κ2) is 7.17. The minimum absolute atomic E-state index is 0.758. The molecule has 0 radical (unpaired) electrons. The van der Waals surface area contributed by atoms with Gasteiger partial charge in [0.15, 0.2) is 0 Å². The molecule has 0 saturated carbocycles. The summed E-state index contributed by atoms with van der Waals surface area (Å²) in [5.41, 5.74) is 2.22. The van der Waals surface area contributed by atoms with Crippen molar-refractivity contribution in [2.75, 3.05) is 25.0 Å². The van der Waals surface area contributed by atoms with Gasteiger partial charge in [-0.1, -0.05) is 20.8 Å². The standard InChI is InChI=1S/C12H22N4/c1-4-10-9-11(5-2)16-12(15-10)14-8-7-13-6-3/h9,13H,4-8H2,1-3H3,(H,14,15,16). The first-order valence-corrected chi connectivity index (χ1v) is 6.11. The number of rotatable bonds is 7. The lowest BCUT2D eigenvalue weighted by Crippen LogP contribution is -2.22. The molecule has 90 valence electrons. The quantitative estimate of drug-likeness (QED) is 0.688. The van der Waals surface area contributed by atoms with Crippen LogP contribution in [0.1, 0.15) is 32.2 Å². The summed E-state index contributed by atoms with van der Waals surface area (Å²) in [7, 11) is 0. The SMILES string of the molecule is CCNCCNc1nc(CC)cc(CC)n1. The average molecular weight is 222 g/mol. The van der Waals surface area contributed by atoms with Crippen molar-refractivity contribution >= 4 is 5.95 Å². The lowest BCUT2D eigenvalue weighted by molar-refractivity contribution is 0.735. The van der Waals surface area contributed by atoms with Crippen molar-refractivity contribution in [3.05, 3.63) is 17.5 Å². The Labute approximate surface area is 97.9 Å². The molecular formula is C12H22N4. The molecule has 0 unspecified atom stereocenters. The zero-order chi connectivity index (χ0) is 11.8. The summed E-state index contributed by atoms with van der Waals surface area (Å²) in [6, 6.07) is 2.08. The van der Waals surface area contributed by atoms with Gasteiger partial charge in [0.1, 0.15) is 0 Å². The van der Waals surface area contributed by atoms with Crippen LogP contribution in [-0.4, -0.2) is 29.6 Å². The summed E-state index contributed by atoms with van der Waals surface area (Å²) in [6.45, 7) is 9.14. The second-order valence-corrected chi connectivity index (χ2v) is 3.66. The number of hydrogen-bond acceptors (Lipinski definition) is 4. The molecule has 1 heterocycles. The molecule has 1 aromatic rings. The molecule has 0 aliphatic rings. The Bertz CT molecular complexity index is 290. The van der Waals surface area contributed by atoms with Crippen LogP contribution >= 0.6 is 0 Å². The Morgan fingerprint density at radius 2 is 1.62 bits per heavy atom. The largest absolute Gasteiger partial charge is 0.353 e. The van der Waals surface area contributed by atoms with Crippen molar-refractivity contribution in [1.82, 2.24) is 15.3 Å². The third kappa shape index (κ3) is 4.14. The van der Waals surface area contributed by atoms with Gasteiger partial charge in [0.25, 0.3) is 0 Å². The first-order chi connectivity index (χ1) is 7.80. The molecule has 16 heavy (non-hydrogen) atoms. The summed E-state index contributed by atoms with van der Waals surface area (Å²) in [5.74, 6) is 0.758. The number of hydrogen-bond donors (Lipinski definition) is 2. The summed E-state index contributed by atoms with van der Waals surface area (Å²) in [6.07, 6.45) is 1.91. The minimum atomic E-state index is 0.758. The Hall–Kier alpha value is -1.16. The van der Waals surface area contributed by atoms with Crippen LogP contribution in [0.2, 0.25) is 0 Å². The molecular weight excluding hydrogens is 200 g/mol. The third-order valence-corrected chi connectivity index (χ3v) is 2.39. The summed E-state index contributed by atoms with van der Waals surface area (Å²) in [4.78, 5) is 8.89. The average Bonchev–Trinajstić information content (AvgIpc) is 2.34. The molecule has 1 rings (SSSR count). The predicted octanol–water partition coefficient (Wildman–Crippen LogP) is 1.62. The molecule has 2 N–H and O–H groups in total. The molecule has 0 fully saturated rings. The van der Waals surface area contributed by atoms with E-state index in [0.717, 1.165) is 49.8 Å². The number of nitrogens with one attached hydrogen (secondary N) is 2. The minimum Gasteiger partial charge on any atom is -0.353 e. The van der Waals surface area contributed by atoms with E-state index in [4.69, 9.17) is 0 Å². The van der Waals surface area contributed by atoms with Gasteiger partial charge in [0.2, 0.25) is 5.95 Å². The zero-order valence-electron chi connectivity index (χ0n) is 10.5. The monoisotopic (exact) mass is 222 g/mol. The van der Waals surface area contributed by atoms with Crippen molar-refractivity contribution in [2.24, 2.45) is 0 Å². The van der Waals surface area contributed by atoms with Gasteiger partial charge in [0.05, 0.1) is 0 Å². The molecule has 0 bridgehead atoms. The zero-order valence-corrected chi connectivity index (χ0v) is 10.5. The third-order valence-electron chi connectivity index (χ3n) is 2.39. The highest BCUT2D eigenvalue weighted by atomic mass is 15.1. The lowest BCUT2D eigenvalue weighted by Gasteiger charge is -2.08. The number of nitrogens with zero attached hydrogens (tertiary/aromatic N) is 2.